The van der Waals surface area contributed by atoms with Gasteiger partial charge in [-0.1, -0.05) is 6.92 Å². The zero-order chi connectivity index (χ0) is 33.1. The summed E-state index contributed by atoms with van der Waals surface area (Å²) in [6.07, 6.45) is 5.79. The second-order valence-corrected chi connectivity index (χ2v) is 12.1. The van der Waals surface area contributed by atoms with Crippen molar-refractivity contribution < 1.29 is 28.6 Å². The number of hydrogen-bond donors (Lipinski definition) is 3. The summed E-state index contributed by atoms with van der Waals surface area (Å²) in [5, 5.41) is 15.6. The minimum absolute atomic E-state index is 0.0631. The number of pyridine rings is 1. The Bertz CT molecular complexity index is 1410. The van der Waals surface area contributed by atoms with Crippen molar-refractivity contribution in [3.05, 3.63) is 83.9 Å². The molecule has 3 N–H and O–H groups in total. The van der Waals surface area contributed by atoms with Gasteiger partial charge in [-0.2, -0.15) is 0 Å². The molecule has 11 heteroatoms. The second kappa shape index (κ2) is 17.0. The van der Waals surface area contributed by atoms with Crippen molar-refractivity contribution in [3.63, 3.8) is 0 Å². The highest BCUT2D eigenvalue weighted by molar-refractivity contribution is 6.02. The van der Waals surface area contributed by atoms with Crippen LogP contribution in [0, 0.1) is 11.7 Å². The zero-order valence-electron chi connectivity index (χ0n) is 27.1. The molecule has 0 unspecified atom stereocenters. The number of halogens is 1. The Morgan fingerprint density at radius 1 is 1.09 bits per heavy atom. The number of aliphatic hydroxyl groups is 1. The van der Waals surface area contributed by atoms with Crippen molar-refractivity contribution >= 4 is 23.3 Å². The number of aromatic nitrogens is 1. The largest absolute Gasteiger partial charge is 0.490 e. The maximum absolute atomic E-state index is 14.3. The Morgan fingerprint density at radius 3 is 2.50 bits per heavy atom. The molecular weight excluding hydrogens is 589 g/mol. The molecule has 1 aliphatic rings. The highest BCUT2D eigenvalue weighted by Crippen LogP contribution is 2.29. The first-order valence-electron chi connectivity index (χ1n) is 15.9. The van der Waals surface area contributed by atoms with Crippen LogP contribution < -0.4 is 15.4 Å². The van der Waals surface area contributed by atoms with Crippen LogP contribution in [0.15, 0.2) is 67.0 Å². The van der Waals surface area contributed by atoms with E-state index >= 15 is 0 Å². The van der Waals surface area contributed by atoms with Crippen LogP contribution in [0.3, 0.4) is 0 Å². The number of likely N-dealkylation sites (N-methyl/N-ethyl adjacent to an activating group) is 1. The summed E-state index contributed by atoms with van der Waals surface area (Å²) < 4.78 is 26.0. The smallest absolute Gasteiger partial charge is 0.323 e. The molecular formula is C35H46FN5O5. The van der Waals surface area contributed by atoms with Crippen molar-refractivity contribution in [2.24, 2.45) is 5.92 Å². The summed E-state index contributed by atoms with van der Waals surface area (Å²) in [5.74, 6) is -0.381. The third-order valence-corrected chi connectivity index (χ3v) is 8.10. The number of rotatable bonds is 8. The molecule has 4 rings (SSSR count). The van der Waals surface area contributed by atoms with Gasteiger partial charge in [0, 0.05) is 55.9 Å². The third-order valence-electron chi connectivity index (χ3n) is 8.10. The number of nitrogens with zero attached hydrogens (tertiary/aromatic N) is 3. The van der Waals surface area contributed by atoms with Gasteiger partial charge in [0.1, 0.15) is 11.6 Å². The Morgan fingerprint density at radius 2 is 1.78 bits per heavy atom. The van der Waals surface area contributed by atoms with Crippen LogP contribution >= 0.6 is 0 Å². The van der Waals surface area contributed by atoms with Gasteiger partial charge >= 0.3 is 6.03 Å². The number of urea groups is 1. The van der Waals surface area contributed by atoms with Crippen LogP contribution in [-0.4, -0.2) is 83.4 Å². The van der Waals surface area contributed by atoms with Crippen LogP contribution in [0.4, 0.5) is 20.6 Å². The molecule has 3 aromatic rings. The zero-order valence-corrected chi connectivity index (χ0v) is 27.1. The van der Waals surface area contributed by atoms with Crippen molar-refractivity contribution in [2.75, 3.05) is 44.0 Å². The highest BCUT2D eigenvalue weighted by atomic mass is 19.1. The van der Waals surface area contributed by atoms with E-state index in [0.717, 1.165) is 31.4 Å². The molecule has 0 saturated heterocycles. The predicted molar refractivity (Wildman–Crippen MR) is 176 cm³/mol. The monoisotopic (exact) mass is 635 g/mol. The minimum Gasteiger partial charge on any atom is -0.490 e. The molecule has 0 fully saturated rings. The summed E-state index contributed by atoms with van der Waals surface area (Å²) >= 11 is 0. The van der Waals surface area contributed by atoms with E-state index in [9.17, 15) is 19.1 Å². The number of nitrogens with one attached hydrogen (secondary N) is 2. The van der Waals surface area contributed by atoms with E-state index in [0.29, 0.717) is 36.8 Å². The SMILES string of the molecule is C[C@@H]1CN([C@H](C)CO)C(=O)c2cc(NC(=O)Nc3ccc(F)cc3)ccc2O[C@@H](C)CCCCO[C@H]1CN(C)Cc1ccncc1. The molecule has 248 valence electrons. The van der Waals surface area contributed by atoms with E-state index in [4.69, 9.17) is 9.47 Å². The van der Waals surface area contributed by atoms with E-state index in [1.165, 1.54) is 24.3 Å². The Labute approximate surface area is 270 Å². The van der Waals surface area contributed by atoms with Crippen LogP contribution in [0.25, 0.3) is 0 Å². The number of fused-ring (bicyclic) bond motifs is 1. The summed E-state index contributed by atoms with van der Waals surface area (Å²) in [7, 11) is 2.05. The molecule has 4 atom stereocenters. The molecule has 0 saturated carbocycles. The molecule has 0 radical (unpaired) electrons. The van der Waals surface area contributed by atoms with Crippen LogP contribution in [-0.2, 0) is 11.3 Å². The molecule has 10 nitrogen and oxygen atoms in total. The Hall–Kier alpha value is -4.06. The molecule has 46 heavy (non-hydrogen) atoms. The molecule has 2 aromatic carbocycles. The van der Waals surface area contributed by atoms with Gasteiger partial charge < -0.3 is 30.1 Å². The number of hydrogen-bond acceptors (Lipinski definition) is 7. The van der Waals surface area contributed by atoms with Gasteiger partial charge in [0.2, 0.25) is 0 Å². The van der Waals surface area contributed by atoms with Gasteiger partial charge in [-0.05, 0) is 100 Å². The van der Waals surface area contributed by atoms with E-state index in [1.807, 2.05) is 19.1 Å². The lowest BCUT2D eigenvalue weighted by atomic mass is 10.0. The second-order valence-electron chi connectivity index (χ2n) is 12.1. The maximum Gasteiger partial charge on any atom is 0.323 e. The first-order valence-corrected chi connectivity index (χ1v) is 15.9. The van der Waals surface area contributed by atoms with E-state index in [2.05, 4.69) is 34.5 Å². The third kappa shape index (κ3) is 10.2. The van der Waals surface area contributed by atoms with Gasteiger partial charge in [0.05, 0.1) is 30.4 Å². The van der Waals surface area contributed by atoms with Crippen LogP contribution in [0.2, 0.25) is 0 Å². The number of amides is 3. The molecule has 2 heterocycles. The fraction of sp³-hybridized carbons (Fsp3) is 0.457. The average molecular weight is 636 g/mol. The average Bonchev–Trinajstić information content (AvgIpc) is 3.04. The quantitative estimate of drug-likeness (QED) is 0.287. The lowest BCUT2D eigenvalue weighted by Gasteiger charge is -2.36. The molecule has 0 spiro atoms. The number of ether oxygens (including phenoxy) is 2. The van der Waals surface area contributed by atoms with Crippen LogP contribution in [0.5, 0.6) is 5.75 Å². The predicted octanol–water partition coefficient (Wildman–Crippen LogP) is 5.79. The van der Waals surface area contributed by atoms with Crippen molar-refractivity contribution in [1.82, 2.24) is 14.8 Å². The molecule has 0 bridgehead atoms. The first-order chi connectivity index (χ1) is 22.1. The fourth-order valence-electron chi connectivity index (χ4n) is 5.46. The number of benzene rings is 2. The highest BCUT2D eigenvalue weighted by Gasteiger charge is 2.30. The van der Waals surface area contributed by atoms with Crippen LogP contribution in [0.1, 0.15) is 56.0 Å². The summed E-state index contributed by atoms with van der Waals surface area (Å²) in [5.41, 5.74) is 2.24. The molecule has 0 aliphatic carbocycles. The minimum atomic E-state index is -0.542. The van der Waals surface area contributed by atoms with Gasteiger partial charge in [-0.3, -0.25) is 14.7 Å². The first kappa shape index (κ1) is 34.8. The van der Waals surface area contributed by atoms with Gasteiger partial charge in [0.15, 0.2) is 0 Å². The summed E-state index contributed by atoms with van der Waals surface area (Å²) in [6.45, 7) is 7.95. The molecule has 1 aliphatic heterocycles. The number of carbonyl (C=O) groups excluding carboxylic acids is 2. The summed E-state index contributed by atoms with van der Waals surface area (Å²) in [6, 6.07) is 13.4. The number of anilines is 2. The Balaban J connectivity index is 1.58. The van der Waals surface area contributed by atoms with E-state index in [-0.39, 0.29) is 36.2 Å². The van der Waals surface area contributed by atoms with Gasteiger partial charge in [-0.15, -0.1) is 0 Å². The van der Waals surface area contributed by atoms with E-state index < -0.39 is 17.9 Å². The van der Waals surface area contributed by atoms with Gasteiger partial charge in [-0.25, -0.2) is 9.18 Å². The van der Waals surface area contributed by atoms with Crippen molar-refractivity contribution in [2.45, 2.75) is 64.8 Å². The van der Waals surface area contributed by atoms with E-state index in [1.54, 1.807) is 42.4 Å². The lowest BCUT2D eigenvalue weighted by Crippen LogP contribution is -2.47. The fourth-order valence-corrected chi connectivity index (χ4v) is 5.46. The topological polar surface area (TPSA) is 116 Å². The summed E-state index contributed by atoms with van der Waals surface area (Å²) in [4.78, 5) is 35.0. The number of aliphatic hydroxyl groups excluding tert-OH is 1. The van der Waals surface area contributed by atoms with Gasteiger partial charge in [0.25, 0.3) is 5.91 Å². The molecule has 3 amide bonds. The maximum atomic E-state index is 14.3. The van der Waals surface area contributed by atoms with Crippen molar-refractivity contribution in [1.29, 1.82) is 0 Å². The number of carbonyl (C=O) groups is 2. The van der Waals surface area contributed by atoms with Crippen molar-refractivity contribution in [3.8, 4) is 5.75 Å². The lowest BCUT2D eigenvalue weighted by molar-refractivity contribution is -0.0177. The molecule has 1 aromatic heterocycles. The standard InChI is InChI=1S/C35H46FN5O5/c1-24-20-41(25(2)23-42)34(43)31-19-30(39-35(44)38-29-10-8-28(36)9-11-29)12-13-32(31)46-26(3)7-5-6-18-45-33(24)22-40(4)21-27-14-16-37-17-15-27/h8-17,19,24-26,33,42H,5-7,18,20-23H2,1-4H3,(H2,38,39,44)/t24-,25-,26+,33+/m1/s1. The Kier molecular flexibility index (Phi) is 12.9. The normalized spacial score (nSPS) is 20.3.